The molecule has 2 aromatic carbocycles. The molecule has 1 atom stereocenters. The average Bonchev–Trinajstić information content (AvgIpc) is 2.95. The minimum atomic E-state index is -0.790. The van der Waals surface area contributed by atoms with Gasteiger partial charge in [0.15, 0.2) is 6.04 Å². The van der Waals surface area contributed by atoms with Gasteiger partial charge in [0.05, 0.1) is 30.6 Å². The lowest BCUT2D eigenvalue weighted by molar-refractivity contribution is -0.117. The van der Waals surface area contributed by atoms with Gasteiger partial charge in [-0.2, -0.15) is 20.3 Å². The van der Waals surface area contributed by atoms with Gasteiger partial charge in [-0.1, -0.05) is 29.8 Å². The summed E-state index contributed by atoms with van der Waals surface area (Å²) in [6.07, 6.45) is 0. The fourth-order valence-corrected chi connectivity index (χ4v) is 2.72. The second-order valence-corrected chi connectivity index (χ2v) is 5.91. The van der Waals surface area contributed by atoms with Crippen LogP contribution in [0.15, 0.2) is 57.8 Å². The highest BCUT2D eigenvalue weighted by atomic mass is 35.5. The molecule has 0 radical (unpaired) electrons. The van der Waals surface area contributed by atoms with Crippen molar-refractivity contribution in [3.8, 4) is 11.5 Å². The number of azo groups is 1. The van der Waals surface area contributed by atoms with Crippen LogP contribution in [0.25, 0.3) is 0 Å². The summed E-state index contributed by atoms with van der Waals surface area (Å²) >= 11 is 6.08. The van der Waals surface area contributed by atoms with Gasteiger partial charge in [0.25, 0.3) is 5.91 Å². The fourth-order valence-electron chi connectivity index (χ4n) is 2.49. The number of para-hydroxylation sites is 1. The Hall–Kier alpha value is -2.93. The molecule has 1 aliphatic heterocycles. The monoisotopic (exact) mass is 372 g/mol. The minimum Gasteiger partial charge on any atom is -0.495 e. The fraction of sp³-hybridized carbons (Fsp3) is 0.222. The smallest absolute Gasteiger partial charge is 0.280 e. The van der Waals surface area contributed by atoms with Crippen LogP contribution in [0.1, 0.15) is 6.92 Å². The van der Waals surface area contributed by atoms with Crippen molar-refractivity contribution in [1.29, 1.82) is 0 Å². The first kappa shape index (κ1) is 17.9. The summed E-state index contributed by atoms with van der Waals surface area (Å²) in [5.41, 5.74) is 1.65. The number of hydrogen-bond donors (Lipinski definition) is 0. The van der Waals surface area contributed by atoms with Gasteiger partial charge in [-0.25, -0.2) is 0 Å². The van der Waals surface area contributed by atoms with Crippen LogP contribution in [-0.4, -0.2) is 31.9 Å². The first-order valence-electron chi connectivity index (χ1n) is 7.81. The van der Waals surface area contributed by atoms with E-state index in [1.807, 2.05) is 18.2 Å². The van der Waals surface area contributed by atoms with Crippen LogP contribution in [-0.2, 0) is 4.79 Å². The summed E-state index contributed by atoms with van der Waals surface area (Å²) in [4.78, 5) is 12.6. The van der Waals surface area contributed by atoms with Crippen LogP contribution in [0.3, 0.4) is 0 Å². The molecule has 0 N–H and O–H groups in total. The van der Waals surface area contributed by atoms with Gasteiger partial charge < -0.3 is 9.47 Å². The Bertz CT molecular complexity index is 884. The number of nitrogens with zero attached hydrogens (tertiary/aromatic N) is 4. The number of methoxy groups -OCH3 is 2. The maximum Gasteiger partial charge on any atom is 0.280 e. The number of halogens is 1. The molecule has 0 aromatic heterocycles. The number of hydrogen-bond acceptors (Lipinski definition) is 6. The normalized spacial score (nSPS) is 16.9. The number of carbonyl (C=O) groups excluding carboxylic acids is 1. The number of carbonyl (C=O) groups is 1. The van der Waals surface area contributed by atoms with E-state index in [-0.39, 0.29) is 5.91 Å². The van der Waals surface area contributed by atoms with E-state index in [2.05, 4.69) is 15.3 Å². The summed E-state index contributed by atoms with van der Waals surface area (Å²) in [6.45, 7) is 1.74. The number of benzene rings is 2. The molecule has 3 rings (SSSR count). The van der Waals surface area contributed by atoms with E-state index in [4.69, 9.17) is 21.1 Å². The maximum absolute atomic E-state index is 12.6. The third kappa shape index (κ3) is 3.39. The molecule has 0 aliphatic carbocycles. The van der Waals surface area contributed by atoms with Crippen molar-refractivity contribution in [2.75, 3.05) is 19.2 Å². The van der Waals surface area contributed by atoms with Gasteiger partial charge >= 0.3 is 0 Å². The van der Waals surface area contributed by atoms with Crippen LogP contribution in [0.2, 0.25) is 5.02 Å². The van der Waals surface area contributed by atoms with Gasteiger partial charge in [-0.05, 0) is 19.1 Å². The molecule has 1 unspecified atom stereocenters. The second kappa shape index (κ2) is 7.53. The molecule has 1 aliphatic rings. The van der Waals surface area contributed by atoms with E-state index in [9.17, 15) is 4.79 Å². The quantitative estimate of drug-likeness (QED) is 0.737. The Morgan fingerprint density at radius 1 is 1.12 bits per heavy atom. The van der Waals surface area contributed by atoms with E-state index in [1.165, 1.54) is 19.2 Å². The van der Waals surface area contributed by atoms with Crippen molar-refractivity contribution < 1.29 is 14.3 Å². The average molecular weight is 373 g/mol. The first-order chi connectivity index (χ1) is 12.5. The van der Waals surface area contributed by atoms with Gasteiger partial charge in [0, 0.05) is 12.1 Å². The standard InChI is InChI=1S/C18H17ClN4O3/c1-11-17(18(24)23(22-11)12-7-5-4-6-8-12)21-20-14-10-15(25-2)13(19)9-16(14)26-3/h4-10,17H,1-3H3. The predicted octanol–water partition coefficient (Wildman–Crippen LogP) is 4.23. The largest absolute Gasteiger partial charge is 0.495 e. The Kier molecular flexibility index (Phi) is 5.18. The van der Waals surface area contributed by atoms with Gasteiger partial charge in [-0.3, -0.25) is 4.79 Å². The maximum atomic E-state index is 12.6. The second-order valence-electron chi connectivity index (χ2n) is 5.50. The van der Waals surface area contributed by atoms with E-state index < -0.39 is 6.04 Å². The molecular weight excluding hydrogens is 356 g/mol. The summed E-state index contributed by atoms with van der Waals surface area (Å²) in [5, 5.41) is 14.4. The molecule has 0 bridgehead atoms. The Labute approximate surface area is 155 Å². The number of amides is 1. The topological polar surface area (TPSA) is 75.9 Å². The number of ether oxygens (including phenoxy) is 2. The van der Waals surface area contributed by atoms with Crippen LogP contribution in [0.4, 0.5) is 11.4 Å². The van der Waals surface area contributed by atoms with Crippen molar-refractivity contribution in [3.05, 3.63) is 47.5 Å². The Morgan fingerprint density at radius 3 is 2.46 bits per heavy atom. The zero-order chi connectivity index (χ0) is 18.7. The lowest BCUT2D eigenvalue weighted by atomic mass is 10.2. The van der Waals surface area contributed by atoms with Gasteiger partial charge in [0.1, 0.15) is 17.2 Å². The summed E-state index contributed by atoms with van der Waals surface area (Å²) < 4.78 is 10.5. The van der Waals surface area contributed by atoms with Crippen molar-refractivity contribution >= 4 is 34.6 Å². The van der Waals surface area contributed by atoms with Crippen molar-refractivity contribution in [1.82, 2.24) is 0 Å². The summed E-state index contributed by atoms with van der Waals surface area (Å²) in [6, 6.07) is 11.6. The van der Waals surface area contributed by atoms with E-state index in [1.54, 1.807) is 31.2 Å². The highest BCUT2D eigenvalue weighted by Crippen LogP contribution is 2.38. The van der Waals surface area contributed by atoms with Crippen LogP contribution in [0, 0.1) is 0 Å². The zero-order valence-electron chi connectivity index (χ0n) is 14.5. The molecule has 8 heteroatoms. The molecule has 0 spiro atoms. The molecule has 1 amide bonds. The Balaban J connectivity index is 1.88. The number of anilines is 1. The molecule has 1 heterocycles. The molecular formula is C18H17ClN4O3. The molecule has 26 heavy (non-hydrogen) atoms. The lowest BCUT2D eigenvalue weighted by Gasteiger charge is -2.12. The number of rotatable bonds is 5. The lowest BCUT2D eigenvalue weighted by Crippen LogP contribution is -2.29. The Morgan fingerprint density at radius 2 is 1.81 bits per heavy atom. The third-order valence-corrected chi connectivity index (χ3v) is 4.13. The summed E-state index contributed by atoms with van der Waals surface area (Å²) in [7, 11) is 3.01. The van der Waals surface area contributed by atoms with Gasteiger partial charge in [0.2, 0.25) is 0 Å². The van der Waals surface area contributed by atoms with Crippen molar-refractivity contribution in [2.45, 2.75) is 13.0 Å². The minimum absolute atomic E-state index is 0.266. The summed E-state index contributed by atoms with van der Waals surface area (Å²) in [5.74, 6) is 0.604. The first-order valence-corrected chi connectivity index (χ1v) is 8.19. The zero-order valence-corrected chi connectivity index (χ0v) is 15.3. The molecule has 0 saturated heterocycles. The van der Waals surface area contributed by atoms with E-state index in [0.717, 1.165) is 0 Å². The van der Waals surface area contributed by atoms with Crippen LogP contribution < -0.4 is 14.5 Å². The highest BCUT2D eigenvalue weighted by Gasteiger charge is 2.34. The SMILES string of the molecule is COc1cc(N=NC2C(=O)N(c3ccccc3)N=C2C)c(OC)cc1Cl. The number of hydrazone groups is 1. The van der Waals surface area contributed by atoms with Crippen molar-refractivity contribution in [3.63, 3.8) is 0 Å². The molecule has 7 nitrogen and oxygen atoms in total. The third-order valence-electron chi connectivity index (χ3n) is 3.83. The van der Waals surface area contributed by atoms with Crippen LogP contribution in [0.5, 0.6) is 11.5 Å². The predicted molar refractivity (Wildman–Crippen MR) is 99.9 cm³/mol. The molecule has 2 aromatic rings. The van der Waals surface area contributed by atoms with E-state index >= 15 is 0 Å². The molecule has 0 fully saturated rings. The highest BCUT2D eigenvalue weighted by molar-refractivity contribution is 6.32. The van der Waals surface area contributed by atoms with Crippen molar-refractivity contribution in [2.24, 2.45) is 15.3 Å². The van der Waals surface area contributed by atoms with Crippen LogP contribution >= 0.6 is 11.6 Å². The molecule has 134 valence electrons. The van der Waals surface area contributed by atoms with E-state index in [0.29, 0.717) is 33.6 Å². The molecule has 0 saturated carbocycles. The van der Waals surface area contributed by atoms with Gasteiger partial charge in [-0.15, -0.1) is 0 Å².